The van der Waals surface area contributed by atoms with Crippen molar-refractivity contribution in [3.63, 3.8) is 0 Å². The number of nitrogens with zero attached hydrogens (tertiary/aromatic N) is 3. The van der Waals surface area contributed by atoms with E-state index in [0.717, 1.165) is 31.4 Å². The fourth-order valence-electron chi connectivity index (χ4n) is 2.63. The second-order valence-electron chi connectivity index (χ2n) is 5.02. The van der Waals surface area contributed by atoms with Gasteiger partial charge in [0.25, 0.3) is 5.91 Å². The van der Waals surface area contributed by atoms with Gasteiger partial charge in [0.15, 0.2) is 0 Å². The first-order chi connectivity index (χ1) is 8.49. The van der Waals surface area contributed by atoms with Gasteiger partial charge in [-0.05, 0) is 39.5 Å². The van der Waals surface area contributed by atoms with Crippen LogP contribution >= 0.6 is 0 Å². The molecule has 0 bridgehead atoms. The molecule has 1 amide bonds. The third-order valence-corrected chi connectivity index (χ3v) is 3.76. The van der Waals surface area contributed by atoms with Gasteiger partial charge in [0.2, 0.25) is 0 Å². The molecule has 96 valence electrons. The molecule has 1 aromatic heterocycles. The van der Waals surface area contributed by atoms with Crippen LogP contribution in [0.1, 0.15) is 47.4 Å². The Bertz CT molecular complexity index is 518. The first kappa shape index (κ1) is 12.6. The maximum atomic E-state index is 12.3. The standard InChI is InChI=1S/C13H18N4O/c1-9-11(10(2)17(3)16-9)12(18)15-13(8-14)6-4-5-7-13/h4-7H2,1-3H3,(H,15,18). The van der Waals surface area contributed by atoms with E-state index in [1.165, 1.54) is 0 Å². The summed E-state index contributed by atoms with van der Waals surface area (Å²) in [6, 6.07) is 2.26. The predicted octanol–water partition coefficient (Wildman–Crippen LogP) is 1.60. The highest BCUT2D eigenvalue weighted by atomic mass is 16.1. The van der Waals surface area contributed by atoms with E-state index in [1.807, 2.05) is 20.9 Å². The summed E-state index contributed by atoms with van der Waals surface area (Å²) in [5.74, 6) is -0.179. The SMILES string of the molecule is Cc1nn(C)c(C)c1C(=O)NC1(C#N)CCCC1. The van der Waals surface area contributed by atoms with Crippen LogP contribution in [-0.4, -0.2) is 21.2 Å². The Morgan fingerprint density at radius 3 is 2.50 bits per heavy atom. The van der Waals surface area contributed by atoms with Gasteiger partial charge < -0.3 is 5.32 Å². The van der Waals surface area contributed by atoms with Gasteiger partial charge in [0.05, 0.1) is 17.3 Å². The molecule has 18 heavy (non-hydrogen) atoms. The van der Waals surface area contributed by atoms with Crippen molar-refractivity contribution in [3.8, 4) is 6.07 Å². The van der Waals surface area contributed by atoms with E-state index < -0.39 is 5.54 Å². The van der Waals surface area contributed by atoms with E-state index in [1.54, 1.807) is 4.68 Å². The van der Waals surface area contributed by atoms with Crippen molar-refractivity contribution < 1.29 is 4.79 Å². The molecule has 1 N–H and O–H groups in total. The third-order valence-electron chi connectivity index (χ3n) is 3.76. The van der Waals surface area contributed by atoms with Gasteiger partial charge in [0, 0.05) is 12.7 Å². The molecule has 1 aliphatic carbocycles. The molecule has 0 saturated heterocycles. The first-order valence-corrected chi connectivity index (χ1v) is 6.23. The Balaban J connectivity index is 2.25. The lowest BCUT2D eigenvalue weighted by molar-refractivity contribution is 0.0919. The summed E-state index contributed by atoms with van der Waals surface area (Å²) in [5, 5.41) is 16.4. The summed E-state index contributed by atoms with van der Waals surface area (Å²) in [4.78, 5) is 12.3. The molecule has 1 saturated carbocycles. The molecule has 0 radical (unpaired) electrons. The Labute approximate surface area is 107 Å². The topological polar surface area (TPSA) is 70.7 Å². The zero-order valence-electron chi connectivity index (χ0n) is 11.1. The summed E-state index contributed by atoms with van der Waals surface area (Å²) in [6.45, 7) is 3.68. The van der Waals surface area contributed by atoms with E-state index in [4.69, 9.17) is 0 Å². The normalized spacial score (nSPS) is 17.4. The number of rotatable bonds is 2. The summed E-state index contributed by atoms with van der Waals surface area (Å²) >= 11 is 0. The Hall–Kier alpha value is -1.83. The molecule has 0 atom stereocenters. The fraction of sp³-hybridized carbons (Fsp3) is 0.615. The van der Waals surface area contributed by atoms with Crippen molar-refractivity contribution in [1.29, 1.82) is 5.26 Å². The summed E-state index contributed by atoms with van der Waals surface area (Å²) in [7, 11) is 1.81. The summed E-state index contributed by atoms with van der Waals surface area (Å²) < 4.78 is 1.69. The van der Waals surface area contributed by atoms with E-state index in [-0.39, 0.29) is 5.91 Å². The molecular weight excluding hydrogens is 228 g/mol. The highest BCUT2D eigenvalue weighted by molar-refractivity contribution is 5.97. The molecule has 5 nitrogen and oxygen atoms in total. The summed E-state index contributed by atoms with van der Waals surface area (Å²) in [6.07, 6.45) is 3.49. The van der Waals surface area contributed by atoms with E-state index in [2.05, 4.69) is 16.5 Å². The van der Waals surface area contributed by atoms with Crippen LogP contribution < -0.4 is 5.32 Å². The van der Waals surface area contributed by atoms with Crippen LogP contribution in [0.25, 0.3) is 0 Å². The molecule has 0 aliphatic heterocycles. The molecule has 1 heterocycles. The van der Waals surface area contributed by atoms with Crippen molar-refractivity contribution in [1.82, 2.24) is 15.1 Å². The van der Waals surface area contributed by atoms with Gasteiger partial charge in [-0.25, -0.2) is 0 Å². The number of aromatic nitrogens is 2. The highest BCUT2D eigenvalue weighted by Crippen LogP contribution is 2.29. The van der Waals surface area contributed by atoms with E-state index in [0.29, 0.717) is 11.3 Å². The minimum Gasteiger partial charge on any atom is -0.334 e. The zero-order valence-corrected chi connectivity index (χ0v) is 11.1. The van der Waals surface area contributed by atoms with Crippen molar-refractivity contribution in [3.05, 3.63) is 17.0 Å². The largest absolute Gasteiger partial charge is 0.334 e. The van der Waals surface area contributed by atoms with E-state index in [9.17, 15) is 10.1 Å². The smallest absolute Gasteiger partial charge is 0.256 e. The maximum absolute atomic E-state index is 12.3. The Morgan fingerprint density at radius 2 is 2.06 bits per heavy atom. The number of hydrogen-bond acceptors (Lipinski definition) is 3. The monoisotopic (exact) mass is 246 g/mol. The van der Waals surface area contributed by atoms with Crippen molar-refractivity contribution in [2.45, 2.75) is 45.1 Å². The number of aryl methyl sites for hydroxylation is 2. The number of carbonyl (C=O) groups excluding carboxylic acids is 1. The minimum atomic E-state index is -0.675. The van der Waals surface area contributed by atoms with Crippen molar-refractivity contribution in [2.24, 2.45) is 7.05 Å². The van der Waals surface area contributed by atoms with Crippen molar-refractivity contribution in [2.75, 3.05) is 0 Å². The maximum Gasteiger partial charge on any atom is 0.256 e. The molecule has 1 aromatic rings. The van der Waals surface area contributed by atoms with Crippen LogP contribution in [0.5, 0.6) is 0 Å². The second-order valence-corrected chi connectivity index (χ2v) is 5.02. The molecule has 0 aromatic carbocycles. The van der Waals surface area contributed by atoms with Crippen LogP contribution in [0, 0.1) is 25.2 Å². The molecular formula is C13H18N4O. The molecule has 5 heteroatoms. The minimum absolute atomic E-state index is 0.179. The van der Waals surface area contributed by atoms with Crippen molar-refractivity contribution >= 4 is 5.91 Å². The molecule has 1 aliphatic rings. The molecule has 2 rings (SSSR count). The van der Waals surface area contributed by atoms with Gasteiger partial charge in [0.1, 0.15) is 5.54 Å². The van der Waals surface area contributed by atoms with Gasteiger partial charge in [-0.1, -0.05) is 0 Å². The average Bonchev–Trinajstić information content (AvgIpc) is 2.86. The predicted molar refractivity (Wildman–Crippen MR) is 67.0 cm³/mol. The highest BCUT2D eigenvalue weighted by Gasteiger charge is 2.36. The number of nitrogens with one attached hydrogen (secondary N) is 1. The third kappa shape index (κ3) is 1.99. The van der Waals surface area contributed by atoms with Crippen LogP contribution in [0.2, 0.25) is 0 Å². The van der Waals surface area contributed by atoms with Gasteiger partial charge in [-0.3, -0.25) is 9.48 Å². The summed E-state index contributed by atoms with van der Waals surface area (Å²) in [5.41, 5.74) is 1.46. The van der Waals surface area contributed by atoms with Gasteiger partial charge >= 0.3 is 0 Å². The fourth-order valence-corrected chi connectivity index (χ4v) is 2.63. The quantitative estimate of drug-likeness (QED) is 0.861. The number of amides is 1. The number of hydrogen-bond donors (Lipinski definition) is 1. The van der Waals surface area contributed by atoms with Crippen LogP contribution in [0.15, 0.2) is 0 Å². The van der Waals surface area contributed by atoms with E-state index >= 15 is 0 Å². The lowest BCUT2D eigenvalue weighted by atomic mass is 9.99. The lowest BCUT2D eigenvalue weighted by Gasteiger charge is -2.22. The molecule has 0 unspecified atom stereocenters. The van der Waals surface area contributed by atoms with Crippen LogP contribution in [0.3, 0.4) is 0 Å². The Kier molecular flexibility index (Phi) is 3.12. The van der Waals surface area contributed by atoms with Crippen LogP contribution in [0.4, 0.5) is 0 Å². The van der Waals surface area contributed by atoms with Crippen LogP contribution in [-0.2, 0) is 7.05 Å². The van der Waals surface area contributed by atoms with Gasteiger partial charge in [-0.15, -0.1) is 0 Å². The molecule has 1 fully saturated rings. The van der Waals surface area contributed by atoms with Gasteiger partial charge in [-0.2, -0.15) is 10.4 Å². The first-order valence-electron chi connectivity index (χ1n) is 6.23. The second kappa shape index (κ2) is 4.45. The average molecular weight is 246 g/mol. The molecule has 0 spiro atoms. The number of nitriles is 1. The Morgan fingerprint density at radius 1 is 1.44 bits per heavy atom. The number of carbonyl (C=O) groups is 1. The lowest BCUT2D eigenvalue weighted by Crippen LogP contribution is -2.45. The zero-order chi connectivity index (χ0) is 13.3.